The van der Waals surface area contributed by atoms with Crippen LogP contribution in [0.1, 0.15) is 25.7 Å². The second kappa shape index (κ2) is 7.04. The first-order valence-corrected chi connectivity index (χ1v) is 6.43. The van der Waals surface area contributed by atoms with E-state index in [1.165, 1.54) is 0 Å². The second-order valence-corrected chi connectivity index (χ2v) is 5.00. The van der Waals surface area contributed by atoms with Crippen molar-refractivity contribution >= 4 is 23.1 Å². The molecular formula is C11H17F3N2O2S. The molecule has 0 heterocycles. The Morgan fingerprint density at radius 1 is 1.42 bits per heavy atom. The minimum atomic E-state index is -4.36. The van der Waals surface area contributed by atoms with Crippen LogP contribution in [0.5, 0.6) is 0 Å². The molecule has 2 atom stereocenters. The largest absolute Gasteiger partial charge is 0.411 e. The van der Waals surface area contributed by atoms with Gasteiger partial charge in [-0.2, -0.15) is 13.2 Å². The molecule has 0 saturated heterocycles. The van der Waals surface area contributed by atoms with Crippen molar-refractivity contribution in [2.24, 2.45) is 11.7 Å². The van der Waals surface area contributed by atoms with Gasteiger partial charge in [-0.1, -0.05) is 18.6 Å². The Bertz CT molecular complexity index is 336. The average molecular weight is 298 g/mol. The molecule has 0 aromatic heterocycles. The van der Waals surface area contributed by atoms with Crippen LogP contribution in [0.3, 0.4) is 0 Å². The first-order chi connectivity index (χ1) is 8.79. The Kier molecular flexibility index (Phi) is 5.99. The number of halogens is 3. The fraction of sp³-hybridized carbons (Fsp3) is 0.818. The molecule has 110 valence electrons. The van der Waals surface area contributed by atoms with Gasteiger partial charge in [-0.25, -0.2) is 0 Å². The molecule has 0 aliphatic heterocycles. The minimum absolute atomic E-state index is 0.0185. The summed E-state index contributed by atoms with van der Waals surface area (Å²) in [5, 5.41) is 2.74. The smallest absolute Gasteiger partial charge is 0.393 e. The van der Waals surface area contributed by atoms with E-state index in [1.54, 1.807) is 0 Å². The fourth-order valence-corrected chi connectivity index (χ4v) is 2.39. The Hall–Kier alpha value is -0.890. The first kappa shape index (κ1) is 16.2. The molecule has 1 fully saturated rings. The maximum Gasteiger partial charge on any atom is 0.411 e. The lowest BCUT2D eigenvalue weighted by Gasteiger charge is -2.19. The van der Waals surface area contributed by atoms with Gasteiger partial charge in [-0.05, 0) is 12.8 Å². The molecule has 2 unspecified atom stereocenters. The van der Waals surface area contributed by atoms with Crippen molar-refractivity contribution in [3.8, 4) is 0 Å². The Balaban J connectivity index is 2.22. The van der Waals surface area contributed by atoms with Gasteiger partial charge in [0, 0.05) is 18.4 Å². The standard InChI is InChI=1S/C11H17F3N2O2S/c12-11(13,14)6-18-5-4-9(17)16-8-3-1-2-7(8)10(15)19/h7-8H,1-6H2,(H2,15,19)(H,16,17). The zero-order valence-corrected chi connectivity index (χ0v) is 11.1. The van der Waals surface area contributed by atoms with Crippen LogP contribution in [0.15, 0.2) is 0 Å². The second-order valence-electron chi connectivity index (χ2n) is 4.53. The van der Waals surface area contributed by atoms with Gasteiger partial charge in [0.25, 0.3) is 0 Å². The van der Waals surface area contributed by atoms with Crippen LogP contribution < -0.4 is 11.1 Å². The Morgan fingerprint density at radius 2 is 2.11 bits per heavy atom. The molecular weight excluding hydrogens is 281 g/mol. The van der Waals surface area contributed by atoms with Gasteiger partial charge in [-0.3, -0.25) is 4.79 Å². The van der Waals surface area contributed by atoms with Crippen molar-refractivity contribution in [3.05, 3.63) is 0 Å². The number of thiocarbonyl (C=S) groups is 1. The van der Waals surface area contributed by atoms with Gasteiger partial charge in [0.05, 0.1) is 11.6 Å². The Morgan fingerprint density at radius 3 is 2.68 bits per heavy atom. The van der Waals surface area contributed by atoms with Gasteiger partial charge in [0.15, 0.2) is 0 Å². The predicted octanol–water partition coefficient (Wildman–Crippen LogP) is 1.53. The van der Waals surface area contributed by atoms with Crippen LogP contribution >= 0.6 is 12.2 Å². The van der Waals surface area contributed by atoms with Crippen molar-refractivity contribution in [2.75, 3.05) is 13.2 Å². The van der Waals surface area contributed by atoms with Crippen molar-refractivity contribution in [2.45, 2.75) is 37.9 Å². The number of ether oxygens (including phenoxy) is 1. The maximum atomic E-state index is 11.8. The van der Waals surface area contributed by atoms with E-state index in [1.807, 2.05) is 0 Å². The van der Waals surface area contributed by atoms with Crippen molar-refractivity contribution in [1.82, 2.24) is 5.32 Å². The van der Waals surface area contributed by atoms with Gasteiger partial charge >= 0.3 is 6.18 Å². The molecule has 1 aliphatic carbocycles. The predicted molar refractivity (Wildman–Crippen MR) is 67.5 cm³/mol. The number of hydrogen-bond donors (Lipinski definition) is 2. The number of amides is 1. The first-order valence-electron chi connectivity index (χ1n) is 6.03. The number of carbonyl (C=O) groups excluding carboxylic acids is 1. The molecule has 0 aromatic rings. The maximum absolute atomic E-state index is 11.8. The van der Waals surface area contributed by atoms with Crippen LogP contribution in [-0.4, -0.2) is 36.3 Å². The zero-order chi connectivity index (χ0) is 14.5. The summed E-state index contributed by atoms with van der Waals surface area (Å²) in [6, 6.07) is -0.104. The molecule has 0 aromatic carbocycles. The van der Waals surface area contributed by atoms with E-state index < -0.39 is 12.8 Å². The number of nitrogens with one attached hydrogen (secondary N) is 1. The van der Waals surface area contributed by atoms with Gasteiger partial charge in [-0.15, -0.1) is 0 Å². The third-order valence-corrected chi connectivity index (χ3v) is 3.27. The van der Waals surface area contributed by atoms with E-state index in [0.29, 0.717) is 4.99 Å². The summed E-state index contributed by atoms with van der Waals surface area (Å²) in [6.07, 6.45) is -1.91. The average Bonchev–Trinajstić information content (AvgIpc) is 2.71. The summed E-state index contributed by atoms with van der Waals surface area (Å²) >= 11 is 4.91. The summed E-state index contributed by atoms with van der Waals surface area (Å²) in [5.74, 6) is -0.356. The van der Waals surface area contributed by atoms with Crippen LogP contribution in [0.2, 0.25) is 0 Å². The highest BCUT2D eigenvalue weighted by atomic mass is 32.1. The van der Waals surface area contributed by atoms with E-state index in [0.717, 1.165) is 19.3 Å². The lowest BCUT2D eigenvalue weighted by Crippen LogP contribution is -2.42. The van der Waals surface area contributed by atoms with Gasteiger partial charge in [0.1, 0.15) is 6.61 Å². The number of rotatable bonds is 6. The van der Waals surface area contributed by atoms with Crippen LogP contribution in [-0.2, 0) is 9.53 Å². The molecule has 1 rings (SSSR count). The van der Waals surface area contributed by atoms with E-state index >= 15 is 0 Å². The topological polar surface area (TPSA) is 64.3 Å². The molecule has 8 heteroatoms. The molecule has 19 heavy (non-hydrogen) atoms. The molecule has 1 saturated carbocycles. The monoisotopic (exact) mass is 298 g/mol. The lowest BCUT2D eigenvalue weighted by molar-refractivity contribution is -0.174. The summed E-state index contributed by atoms with van der Waals surface area (Å²) in [4.78, 5) is 11.9. The summed E-state index contributed by atoms with van der Waals surface area (Å²) in [6.45, 7) is -1.59. The third kappa shape index (κ3) is 6.20. The molecule has 1 aliphatic rings. The zero-order valence-electron chi connectivity index (χ0n) is 10.3. The van der Waals surface area contributed by atoms with Gasteiger partial charge < -0.3 is 15.8 Å². The van der Waals surface area contributed by atoms with E-state index in [-0.39, 0.29) is 30.9 Å². The van der Waals surface area contributed by atoms with Crippen molar-refractivity contribution < 1.29 is 22.7 Å². The summed E-state index contributed by atoms with van der Waals surface area (Å²) in [5.41, 5.74) is 5.56. The molecule has 0 radical (unpaired) electrons. The third-order valence-electron chi connectivity index (χ3n) is 2.97. The molecule has 3 N–H and O–H groups in total. The highest BCUT2D eigenvalue weighted by molar-refractivity contribution is 7.80. The molecule has 4 nitrogen and oxygen atoms in total. The fourth-order valence-electron chi connectivity index (χ4n) is 2.11. The molecule has 0 spiro atoms. The van der Waals surface area contributed by atoms with Crippen LogP contribution in [0.4, 0.5) is 13.2 Å². The SMILES string of the molecule is NC(=S)C1CCCC1NC(=O)CCOCC(F)(F)F. The lowest BCUT2D eigenvalue weighted by atomic mass is 10.0. The van der Waals surface area contributed by atoms with Crippen LogP contribution in [0.25, 0.3) is 0 Å². The normalized spacial score (nSPS) is 23.3. The molecule has 1 amide bonds. The summed E-state index contributed by atoms with van der Waals surface area (Å²) in [7, 11) is 0. The van der Waals surface area contributed by atoms with E-state index in [4.69, 9.17) is 18.0 Å². The highest BCUT2D eigenvalue weighted by Crippen LogP contribution is 2.25. The van der Waals surface area contributed by atoms with Gasteiger partial charge in [0.2, 0.25) is 5.91 Å². The van der Waals surface area contributed by atoms with Crippen molar-refractivity contribution in [3.63, 3.8) is 0 Å². The Labute approximate surface area is 114 Å². The molecule has 0 bridgehead atoms. The minimum Gasteiger partial charge on any atom is -0.393 e. The highest BCUT2D eigenvalue weighted by Gasteiger charge is 2.30. The quantitative estimate of drug-likeness (QED) is 0.576. The number of hydrogen-bond acceptors (Lipinski definition) is 3. The number of nitrogens with two attached hydrogens (primary N) is 1. The summed E-state index contributed by atoms with van der Waals surface area (Å²) < 4.78 is 39.8. The van der Waals surface area contributed by atoms with E-state index in [9.17, 15) is 18.0 Å². The van der Waals surface area contributed by atoms with Crippen molar-refractivity contribution in [1.29, 1.82) is 0 Å². The van der Waals surface area contributed by atoms with E-state index in [2.05, 4.69) is 10.1 Å². The van der Waals surface area contributed by atoms with Crippen LogP contribution in [0, 0.1) is 5.92 Å². The number of alkyl halides is 3. The number of carbonyl (C=O) groups is 1.